The van der Waals surface area contributed by atoms with Crippen molar-refractivity contribution in [2.75, 3.05) is 5.32 Å². The maximum atomic E-state index is 12.0. The van der Waals surface area contributed by atoms with Crippen LogP contribution in [-0.2, 0) is 11.3 Å². The topological polar surface area (TPSA) is 59.8 Å². The molecule has 6 heteroatoms. The second-order valence-electron chi connectivity index (χ2n) is 6.06. The summed E-state index contributed by atoms with van der Waals surface area (Å²) in [5, 5.41) is 3.31. The van der Waals surface area contributed by atoms with Crippen molar-refractivity contribution in [3.63, 3.8) is 0 Å². The van der Waals surface area contributed by atoms with E-state index in [4.69, 9.17) is 11.6 Å². The summed E-state index contributed by atoms with van der Waals surface area (Å²) in [6.45, 7) is 8.96. The number of rotatable bonds is 5. The number of fused-ring (bicyclic) bond motifs is 1. The molecule has 0 spiro atoms. The Hall–Kier alpha value is -1.62. The molecule has 0 aliphatic carbocycles. The number of imidazole rings is 1. The molecule has 2 heterocycles. The summed E-state index contributed by atoms with van der Waals surface area (Å²) in [5.74, 6) is 1.22. The van der Waals surface area contributed by atoms with Crippen LogP contribution < -0.4 is 5.32 Å². The zero-order valence-electron chi connectivity index (χ0n) is 12.9. The van der Waals surface area contributed by atoms with E-state index in [0.29, 0.717) is 35.0 Å². The zero-order valence-corrected chi connectivity index (χ0v) is 13.6. The normalized spacial score (nSPS) is 11.6. The van der Waals surface area contributed by atoms with Crippen molar-refractivity contribution in [2.45, 2.75) is 40.7 Å². The highest BCUT2D eigenvalue weighted by atomic mass is 35.5. The number of amides is 1. The Morgan fingerprint density at radius 3 is 2.57 bits per heavy atom. The molecule has 114 valence electrons. The first-order chi connectivity index (χ1) is 9.86. The molecule has 0 fully saturated rings. The number of halogens is 1. The fourth-order valence-corrected chi connectivity index (χ4v) is 2.30. The summed E-state index contributed by atoms with van der Waals surface area (Å²) >= 11 is 5.97. The number of hydrogen-bond acceptors (Lipinski definition) is 3. The van der Waals surface area contributed by atoms with Gasteiger partial charge in [0.1, 0.15) is 10.7 Å². The van der Waals surface area contributed by atoms with Gasteiger partial charge in [0.05, 0.1) is 0 Å². The van der Waals surface area contributed by atoms with Crippen LogP contribution >= 0.6 is 11.6 Å². The highest BCUT2D eigenvalue weighted by Gasteiger charge is 2.16. The van der Waals surface area contributed by atoms with Crippen molar-refractivity contribution in [1.29, 1.82) is 0 Å². The molecule has 0 saturated heterocycles. The molecule has 2 rings (SSSR count). The van der Waals surface area contributed by atoms with Crippen LogP contribution in [0.3, 0.4) is 0 Å². The minimum Gasteiger partial charge on any atom is -0.296 e. The van der Waals surface area contributed by atoms with Crippen LogP contribution in [0.1, 0.15) is 34.1 Å². The van der Waals surface area contributed by atoms with Crippen molar-refractivity contribution < 1.29 is 4.79 Å². The lowest BCUT2D eigenvalue weighted by Gasteiger charge is -2.12. The highest BCUT2D eigenvalue weighted by molar-refractivity contribution is 6.29. The van der Waals surface area contributed by atoms with Gasteiger partial charge in [0.2, 0.25) is 11.9 Å². The molecule has 0 unspecified atom stereocenters. The van der Waals surface area contributed by atoms with Gasteiger partial charge in [-0.2, -0.15) is 0 Å². The maximum Gasteiger partial charge on any atom is 0.226 e. The minimum absolute atomic E-state index is 0.0311. The average Bonchev–Trinajstić information content (AvgIpc) is 2.65. The Morgan fingerprint density at radius 1 is 1.24 bits per heavy atom. The molecule has 0 aliphatic rings. The maximum absolute atomic E-state index is 12.0. The SMILES string of the molecule is CC(C)CC(=O)Nc1nc2ccc(Cl)nc2n1CC(C)C. The molecule has 2 aromatic heterocycles. The molecule has 0 aliphatic heterocycles. The lowest BCUT2D eigenvalue weighted by atomic mass is 10.1. The van der Waals surface area contributed by atoms with Gasteiger partial charge in [-0.15, -0.1) is 0 Å². The first-order valence-electron chi connectivity index (χ1n) is 7.19. The van der Waals surface area contributed by atoms with E-state index in [1.807, 2.05) is 24.5 Å². The van der Waals surface area contributed by atoms with Gasteiger partial charge in [-0.1, -0.05) is 39.3 Å². The molecule has 0 saturated carbocycles. The largest absolute Gasteiger partial charge is 0.296 e. The number of aromatic nitrogens is 3. The number of carbonyl (C=O) groups excluding carboxylic acids is 1. The van der Waals surface area contributed by atoms with Crippen LogP contribution in [0.2, 0.25) is 5.15 Å². The van der Waals surface area contributed by atoms with E-state index in [-0.39, 0.29) is 5.91 Å². The molecule has 0 atom stereocenters. The predicted molar refractivity (Wildman–Crippen MR) is 85.5 cm³/mol. The lowest BCUT2D eigenvalue weighted by molar-refractivity contribution is -0.116. The van der Waals surface area contributed by atoms with E-state index in [1.165, 1.54) is 0 Å². The molecule has 0 aromatic carbocycles. The molecule has 21 heavy (non-hydrogen) atoms. The fourth-order valence-electron chi connectivity index (χ4n) is 2.16. The highest BCUT2D eigenvalue weighted by Crippen LogP contribution is 2.22. The van der Waals surface area contributed by atoms with Gasteiger partial charge < -0.3 is 0 Å². The van der Waals surface area contributed by atoms with Crippen molar-refractivity contribution in [2.24, 2.45) is 11.8 Å². The summed E-state index contributed by atoms with van der Waals surface area (Å²) < 4.78 is 1.92. The molecule has 1 amide bonds. The van der Waals surface area contributed by atoms with Crippen LogP contribution in [0.15, 0.2) is 12.1 Å². The minimum atomic E-state index is -0.0311. The Morgan fingerprint density at radius 2 is 1.95 bits per heavy atom. The van der Waals surface area contributed by atoms with Crippen molar-refractivity contribution in [3.8, 4) is 0 Å². The molecule has 5 nitrogen and oxygen atoms in total. The zero-order chi connectivity index (χ0) is 15.6. The first-order valence-corrected chi connectivity index (χ1v) is 7.57. The Bertz CT molecular complexity index is 648. The van der Waals surface area contributed by atoms with Crippen LogP contribution in [0, 0.1) is 11.8 Å². The van der Waals surface area contributed by atoms with E-state index in [9.17, 15) is 4.79 Å². The van der Waals surface area contributed by atoms with Crippen molar-refractivity contribution in [1.82, 2.24) is 14.5 Å². The van der Waals surface area contributed by atoms with Gasteiger partial charge in [0.15, 0.2) is 5.65 Å². The van der Waals surface area contributed by atoms with Crippen molar-refractivity contribution >= 4 is 34.6 Å². The quantitative estimate of drug-likeness (QED) is 0.856. The predicted octanol–water partition coefficient (Wildman–Crippen LogP) is 3.73. The molecule has 1 N–H and O–H groups in total. The summed E-state index contributed by atoms with van der Waals surface area (Å²) in [6, 6.07) is 3.52. The third kappa shape index (κ3) is 3.94. The van der Waals surface area contributed by atoms with Gasteiger partial charge in [-0.05, 0) is 24.0 Å². The van der Waals surface area contributed by atoms with Crippen LogP contribution in [0.25, 0.3) is 11.2 Å². The summed E-state index contributed by atoms with van der Waals surface area (Å²) in [6.07, 6.45) is 0.471. The van der Waals surface area contributed by atoms with E-state index < -0.39 is 0 Å². The van der Waals surface area contributed by atoms with E-state index in [1.54, 1.807) is 6.07 Å². The van der Waals surface area contributed by atoms with Gasteiger partial charge in [-0.3, -0.25) is 14.7 Å². The van der Waals surface area contributed by atoms with Gasteiger partial charge >= 0.3 is 0 Å². The molecule has 2 aromatic rings. The number of anilines is 1. The number of nitrogens with one attached hydrogen (secondary N) is 1. The van der Waals surface area contributed by atoms with E-state index in [2.05, 4.69) is 29.1 Å². The summed E-state index contributed by atoms with van der Waals surface area (Å²) in [7, 11) is 0. The molecule has 0 bridgehead atoms. The summed E-state index contributed by atoms with van der Waals surface area (Å²) in [4.78, 5) is 20.8. The smallest absolute Gasteiger partial charge is 0.226 e. The van der Waals surface area contributed by atoms with Crippen LogP contribution in [0.4, 0.5) is 5.95 Å². The molecular formula is C15H21ClN4O. The lowest BCUT2D eigenvalue weighted by Crippen LogP contribution is -2.18. The third-order valence-electron chi connectivity index (χ3n) is 2.95. The van der Waals surface area contributed by atoms with E-state index in [0.717, 1.165) is 12.1 Å². The number of pyridine rings is 1. The number of nitrogens with zero attached hydrogens (tertiary/aromatic N) is 3. The van der Waals surface area contributed by atoms with Gasteiger partial charge in [0.25, 0.3) is 0 Å². The second kappa shape index (κ2) is 6.43. The van der Waals surface area contributed by atoms with Gasteiger partial charge in [-0.25, -0.2) is 9.97 Å². The Labute approximate surface area is 129 Å². The summed E-state index contributed by atoms with van der Waals surface area (Å²) in [5.41, 5.74) is 1.44. The third-order valence-corrected chi connectivity index (χ3v) is 3.16. The van der Waals surface area contributed by atoms with Crippen LogP contribution in [0.5, 0.6) is 0 Å². The average molecular weight is 309 g/mol. The standard InChI is InChI=1S/C15H21ClN4O/c1-9(2)7-13(21)19-15-17-11-5-6-12(16)18-14(11)20(15)8-10(3)4/h5-6,9-10H,7-8H2,1-4H3,(H,17,19,21). The Balaban J connectivity index is 2.39. The number of carbonyl (C=O) groups is 1. The molecule has 0 radical (unpaired) electrons. The van der Waals surface area contributed by atoms with Crippen LogP contribution in [-0.4, -0.2) is 20.4 Å². The molecular weight excluding hydrogens is 288 g/mol. The monoisotopic (exact) mass is 308 g/mol. The fraction of sp³-hybridized carbons (Fsp3) is 0.533. The first kappa shape index (κ1) is 15.8. The number of hydrogen-bond donors (Lipinski definition) is 1. The van der Waals surface area contributed by atoms with Gasteiger partial charge in [0, 0.05) is 13.0 Å². The second-order valence-corrected chi connectivity index (χ2v) is 6.45. The Kier molecular flexibility index (Phi) is 4.83. The van der Waals surface area contributed by atoms with E-state index >= 15 is 0 Å². The van der Waals surface area contributed by atoms with Crippen molar-refractivity contribution in [3.05, 3.63) is 17.3 Å².